The number of halogens is 1. The zero-order chi connectivity index (χ0) is 26.1. The van der Waals surface area contributed by atoms with Crippen LogP contribution in [0.4, 0.5) is 17.1 Å². The Hall–Kier alpha value is -4.10. The van der Waals surface area contributed by atoms with Gasteiger partial charge in [-0.15, -0.1) is 0 Å². The first-order chi connectivity index (χ1) is 17.8. The highest BCUT2D eigenvalue weighted by atomic mass is 35.5. The quantitative estimate of drug-likeness (QED) is 0.500. The number of piperazine rings is 1. The van der Waals surface area contributed by atoms with Crippen LogP contribution in [0.3, 0.4) is 0 Å². The van der Waals surface area contributed by atoms with Gasteiger partial charge in [-0.3, -0.25) is 14.4 Å². The van der Waals surface area contributed by atoms with Crippen LogP contribution < -0.4 is 15.1 Å². The van der Waals surface area contributed by atoms with Crippen molar-refractivity contribution in [1.29, 1.82) is 0 Å². The number of hydrogen-bond acceptors (Lipinski definition) is 5. The number of imide groups is 1. The molecular weight excluding hydrogens is 488 g/mol. The molecule has 188 valence electrons. The van der Waals surface area contributed by atoms with Crippen LogP contribution in [-0.2, 0) is 9.59 Å². The van der Waals surface area contributed by atoms with E-state index in [1.165, 1.54) is 0 Å². The van der Waals surface area contributed by atoms with E-state index >= 15 is 0 Å². The highest BCUT2D eigenvalue weighted by Gasteiger charge is 2.39. The first-order valence-corrected chi connectivity index (χ1v) is 12.5. The van der Waals surface area contributed by atoms with E-state index in [0.29, 0.717) is 30.0 Å². The normalized spacial score (nSPS) is 16.0. The molecule has 3 aromatic carbocycles. The summed E-state index contributed by atoms with van der Waals surface area (Å²) >= 11 is 6.30. The van der Waals surface area contributed by atoms with Crippen LogP contribution >= 0.6 is 11.6 Å². The fraction of sp³-hybridized carbons (Fsp3) is 0.207. The second kappa shape index (κ2) is 10.1. The lowest BCUT2D eigenvalue weighted by molar-refractivity contribution is -0.120. The van der Waals surface area contributed by atoms with Gasteiger partial charge in [0.1, 0.15) is 10.7 Å². The van der Waals surface area contributed by atoms with Crippen LogP contribution in [0.25, 0.3) is 0 Å². The number of benzene rings is 3. The van der Waals surface area contributed by atoms with Crippen molar-refractivity contribution in [2.75, 3.05) is 41.3 Å². The molecule has 1 fully saturated rings. The lowest BCUT2D eigenvalue weighted by Crippen LogP contribution is -2.48. The number of para-hydroxylation sites is 1. The molecule has 7 nitrogen and oxygen atoms in total. The molecule has 2 aliphatic heterocycles. The van der Waals surface area contributed by atoms with E-state index in [9.17, 15) is 14.4 Å². The Morgan fingerprint density at radius 2 is 1.51 bits per heavy atom. The van der Waals surface area contributed by atoms with E-state index in [0.717, 1.165) is 34.8 Å². The van der Waals surface area contributed by atoms with E-state index in [4.69, 9.17) is 11.6 Å². The van der Waals surface area contributed by atoms with Crippen LogP contribution in [0, 0.1) is 13.8 Å². The van der Waals surface area contributed by atoms with Crippen molar-refractivity contribution in [2.45, 2.75) is 13.8 Å². The molecule has 0 spiro atoms. The Bertz CT molecular complexity index is 1410. The minimum absolute atomic E-state index is 0.00836. The summed E-state index contributed by atoms with van der Waals surface area (Å²) in [5.74, 6) is -1.20. The van der Waals surface area contributed by atoms with Crippen molar-refractivity contribution in [2.24, 2.45) is 0 Å². The SMILES string of the molecule is Cc1ccc(N2C(=O)C(Cl)=C(Nc3cccc(C(=O)N4CCN(c5ccccc5)CC4)c3)C2=O)cc1C. The van der Waals surface area contributed by atoms with Crippen LogP contribution in [0.15, 0.2) is 83.5 Å². The Morgan fingerprint density at radius 3 is 2.22 bits per heavy atom. The number of rotatable bonds is 5. The van der Waals surface area contributed by atoms with Crippen molar-refractivity contribution >= 4 is 46.4 Å². The molecule has 0 aliphatic carbocycles. The maximum atomic E-state index is 13.2. The Kier molecular flexibility index (Phi) is 6.72. The Balaban J connectivity index is 1.28. The predicted octanol–water partition coefficient (Wildman–Crippen LogP) is 4.70. The minimum Gasteiger partial charge on any atom is -0.368 e. The van der Waals surface area contributed by atoms with Gasteiger partial charge in [0.15, 0.2) is 0 Å². The van der Waals surface area contributed by atoms with Crippen LogP contribution in [0.1, 0.15) is 21.5 Å². The van der Waals surface area contributed by atoms with Crippen LogP contribution in [-0.4, -0.2) is 48.8 Å². The standard InChI is InChI=1S/C29H27ClN4O3/c1-19-11-12-24(17-20(19)2)34-28(36)25(30)26(29(34)37)31-22-8-6-7-21(18-22)27(35)33-15-13-32(14-16-33)23-9-4-3-5-10-23/h3-12,17-18,31H,13-16H2,1-2H3. The third kappa shape index (κ3) is 4.82. The molecule has 0 saturated carbocycles. The molecule has 2 aliphatic rings. The number of anilines is 3. The largest absolute Gasteiger partial charge is 0.368 e. The average molecular weight is 515 g/mol. The maximum absolute atomic E-state index is 13.2. The van der Waals surface area contributed by atoms with Gasteiger partial charge >= 0.3 is 0 Å². The number of carbonyl (C=O) groups is 3. The molecule has 0 atom stereocenters. The monoisotopic (exact) mass is 514 g/mol. The molecule has 0 radical (unpaired) electrons. The molecule has 0 unspecified atom stereocenters. The molecular formula is C29H27ClN4O3. The number of carbonyl (C=O) groups excluding carboxylic acids is 3. The van der Waals surface area contributed by atoms with E-state index in [-0.39, 0.29) is 16.6 Å². The summed E-state index contributed by atoms with van der Waals surface area (Å²) in [6.07, 6.45) is 0. The third-order valence-electron chi connectivity index (χ3n) is 6.84. The van der Waals surface area contributed by atoms with Gasteiger partial charge in [0, 0.05) is 43.1 Å². The Labute approximate surface area is 220 Å². The lowest BCUT2D eigenvalue weighted by atomic mass is 10.1. The summed E-state index contributed by atoms with van der Waals surface area (Å²) in [6.45, 7) is 6.60. The predicted molar refractivity (Wildman–Crippen MR) is 146 cm³/mol. The van der Waals surface area contributed by atoms with Crippen molar-refractivity contribution < 1.29 is 14.4 Å². The number of aryl methyl sites for hydroxylation is 2. The highest BCUT2D eigenvalue weighted by Crippen LogP contribution is 2.31. The number of amides is 3. The minimum atomic E-state index is -0.582. The van der Waals surface area contributed by atoms with Gasteiger partial charge in [0.2, 0.25) is 0 Å². The molecule has 3 amide bonds. The second-order valence-corrected chi connectivity index (χ2v) is 9.60. The summed E-state index contributed by atoms with van der Waals surface area (Å²) in [4.78, 5) is 44.4. The highest BCUT2D eigenvalue weighted by molar-refractivity contribution is 6.53. The molecule has 0 aromatic heterocycles. The Morgan fingerprint density at radius 1 is 0.784 bits per heavy atom. The van der Waals surface area contributed by atoms with Crippen molar-refractivity contribution in [3.8, 4) is 0 Å². The zero-order valence-electron chi connectivity index (χ0n) is 20.7. The smallest absolute Gasteiger partial charge is 0.283 e. The molecule has 5 rings (SSSR count). The van der Waals surface area contributed by atoms with Gasteiger partial charge in [-0.1, -0.05) is 41.9 Å². The summed E-state index contributed by atoms with van der Waals surface area (Å²) in [5, 5.41) is 2.80. The van der Waals surface area contributed by atoms with E-state index in [2.05, 4.69) is 22.3 Å². The summed E-state index contributed by atoms with van der Waals surface area (Å²) in [5.41, 5.74) is 4.63. The molecule has 1 saturated heterocycles. The molecule has 37 heavy (non-hydrogen) atoms. The fourth-order valence-electron chi connectivity index (χ4n) is 4.57. The summed E-state index contributed by atoms with van der Waals surface area (Å²) < 4.78 is 0. The molecule has 8 heteroatoms. The summed E-state index contributed by atoms with van der Waals surface area (Å²) in [7, 11) is 0. The number of nitrogens with zero attached hydrogens (tertiary/aromatic N) is 3. The number of hydrogen-bond donors (Lipinski definition) is 1. The van der Waals surface area contributed by atoms with Gasteiger partial charge in [0.25, 0.3) is 17.7 Å². The van der Waals surface area contributed by atoms with E-state index in [1.807, 2.05) is 43.0 Å². The van der Waals surface area contributed by atoms with Gasteiger partial charge in [-0.2, -0.15) is 0 Å². The van der Waals surface area contributed by atoms with Crippen molar-refractivity contribution in [3.05, 3.63) is 100 Å². The molecule has 1 N–H and O–H groups in total. The van der Waals surface area contributed by atoms with E-state index in [1.54, 1.807) is 36.4 Å². The van der Waals surface area contributed by atoms with Crippen LogP contribution in [0.5, 0.6) is 0 Å². The average Bonchev–Trinajstić information content (AvgIpc) is 3.13. The van der Waals surface area contributed by atoms with Crippen LogP contribution in [0.2, 0.25) is 0 Å². The third-order valence-corrected chi connectivity index (χ3v) is 7.19. The first kappa shape index (κ1) is 24.6. The molecule has 3 aromatic rings. The molecule has 0 bridgehead atoms. The second-order valence-electron chi connectivity index (χ2n) is 9.22. The fourth-order valence-corrected chi connectivity index (χ4v) is 4.79. The van der Waals surface area contributed by atoms with Gasteiger partial charge in [-0.05, 0) is 67.4 Å². The van der Waals surface area contributed by atoms with Gasteiger partial charge < -0.3 is 15.1 Å². The topological polar surface area (TPSA) is 73.0 Å². The summed E-state index contributed by atoms with van der Waals surface area (Å²) in [6, 6.07) is 22.4. The van der Waals surface area contributed by atoms with Gasteiger partial charge in [0.05, 0.1) is 5.69 Å². The number of nitrogens with one attached hydrogen (secondary N) is 1. The maximum Gasteiger partial charge on any atom is 0.283 e. The van der Waals surface area contributed by atoms with Crippen molar-refractivity contribution in [3.63, 3.8) is 0 Å². The molecule has 2 heterocycles. The lowest BCUT2D eigenvalue weighted by Gasteiger charge is -2.36. The van der Waals surface area contributed by atoms with Crippen molar-refractivity contribution in [1.82, 2.24) is 4.90 Å². The van der Waals surface area contributed by atoms with Gasteiger partial charge in [-0.25, -0.2) is 4.90 Å². The first-order valence-electron chi connectivity index (χ1n) is 12.2. The van der Waals surface area contributed by atoms with E-state index < -0.39 is 11.8 Å². The zero-order valence-corrected chi connectivity index (χ0v) is 21.5.